The molecule has 0 radical (unpaired) electrons. The van der Waals surface area contributed by atoms with Gasteiger partial charge >= 0.3 is 0 Å². The molecule has 0 saturated heterocycles. The number of thioether (sulfide) groups is 1. The van der Waals surface area contributed by atoms with E-state index in [4.69, 9.17) is 0 Å². The lowest BCUT2D eigenvalue weighted by Gasteiger charge is -2.16. The molecule has 0 aliphatic rings. The topological polar surface area (TPSA) is 60.2 Å². The Bertz CT molecular complexity index is 897. The van der Waals surface area contributed by atoms with E-state index in [0.29, 0.717) is 0 Å². The highest BCUT2D eigenvalue weighted by Crippen LogP contribution is 2.39. The van der Waals surface area contributed by atoms with Crippen LogP contribution in [0.3, 0.4) is 0 Å². The van der Waals surface area contributed by atoms with Crippen molar-refractivity contribution >= 4 is 23.2 Å². The minimum Gasteiger partial charge on any atom is -0.294 e. The number of nitrogens with zero attached hydrogens (tertiary/aromatic N) is 1. The van der Waals surface area contributed by atoms with Crippen molar-refractivity contribution in [3.63, 3.8) is 0 Å². The van der Waals surface area contributed by atoms with Gasteiger partial charge in [0, 0.05) is 22.6 Å². The summed E-state index contributed by atoms with van der Waals surface area (Å²) in [5, 5.41) is 11.1. The van der Waals surface area contributed by atoms with Gasteiger partial charge < -0.3 is 0 Å². The third-order valence-corrected chi connectivity index (χ3v) is 5.23. The van der Waals surface area contributed by atoms with Crippen LogP contribution in [0.5, 0.6) is 0 Å². The van der Waals surface area contributed by atoms with Crippen LogP contribution in [-0.2, 0) is 0 Å². The number of hydrogen-bond acceptors (Lipinski definition) is 4. The second-order valence-corrected chi connectivity index (χ2v) is 7.01. The Morgan fingerprint density at radius 3 is 2.12 bits per heavy atom. The average molecular weight is 363 g/mol. The Morgan fingerprint density at radius 2 is 1.46 bits per heavy atom. The van der Waals surface area contributed by atoms with Gasteiger partial charge in [-0.05, 0) is 23.8 Å². The molecule has 3 aromatic rings. The van der Waals surface area contributed by atoms with Crippen LogP contribution in [-0.4, -0.2) is 10.7 Å². The van der Waals surface area contributed by atoms with Crippen molar-refractivity contribution in [1.82, 2.24) is 0 Å². The molecule has 0 aliphatic heterocycles. The molecule has 0 heterocycles. The van der Waals surface area contributed by atoms with Crippen molar-refractivity contribution in [2.75, 3.05) is 0 Å². The number of nitro benzene ring substituents is 1. The lowest BCUT2D eigenvalue weighted by molar-refractivity contribution is -0.385. The van der Waals surface area contributed by atoms with E-state index in [0.717, 1.165) is 10.5 Å². The Morgan fingerprint density at radius 1 is 0.885 bits per heavy atom. The lowest BCUT2D eigenvalue weighted by Crippen LogP contribution is -2.08. The predicted octanol–water partition coefficient (Wildman–Crippen LogP) is 5.70. The Labute approximate surface area is 156 Å². The van der Waals surface area contributed by atoms with E-state index in [2.05, 4.69) is 0 Å². The molecule has 0 aromatic heterocycles. The Kier molecular flexibility index (Phi) is 5.81. The predicted molar refractivity (Wildman–Crippen MR) is 104 cm³/mol. The summed E-state index contributed by atoms with van der Waals surface area (Å²) in [5.74, 6) is -0.227. The third-order valence-electron chi connectivity index (χ3n) is 3.96. The van der Waals surface area contributed by atoms with Gasteiger partial charge in [0.25, 0.3) is 5.69 Å². The fourth-order valence-electron chi connectivity index (χ4n) is 2.71. The van der Waals surface area contributed by atoms with Crippen molar-refractivity contribution in [3.05, 3.63) is 106 Å². The number of para-hydroxylation sites is 1. The molecule has 130 valence electrons. The minimum atomic E-state index is -0.505. The van der Waals surface area contributed by atoms with Gasteiger partial charge in [-0.3, -0.25) is 14.9 Å². The summed E-state index contributed by atoms with van der Waals surface area (Å²) in [6, 6.07) is 25.7. The van der Waals surface area contributed by atoms with Crippen LogP contribution in [0.1, 0.15) is 27.6 Å². The first-order chi connectivity index (χ1) is 12.6. The van der Waals surface area contributed by atoms with Gasteiger partial charge in [-0.2, -0.15) is 0 Å². The first-order valence-corrected chi connectivity index (χ1v) is 9.06. The molecule has 3 rings (SSSR count). The summed E-state index contributed by atoms with van der Waals surface area (Å²) < 4.78 is 0. The number of carbonyl (C=O) groups excluding carboxylic acids is 1. The zero-order valence-electron chi connectivity index (χ0n) is 13.9. The van der Waals surface area contributed by atoms with Gasteiger partial charge in [0.1, 0.15) is 0 Å². The van der Waals surface area contributed by atoms with Gasteiger partial charge in [-0.25, -0.2) is 0 Å². The first-order valence-electron chi connectivity index (χ1n) is 8.18. The molecular formula is C21H17NO3S. The van der Waals surface area contributed by atoms with Crippen molar-refractivity contribution in [2.24, 2.45) is 0 Å². The fourth-order valence-corrected chi connectivity index (χ4v) is 3.88. The molecule has 1 atom stereocenters. The second-order valence-electron chi connectivity index (χ2n) is 5.73. The molecule has 26 heavy (non-hydrogen) atoms. The van der Waals surface area contributed by atoms with Crippen LogP contribution in [0, 0.1) is 10.1 Å². The molecule has 0 saturated carbocycles. The van der Waals surface area contributed by atoms with Crippen LogP contribution in [0.25, 0.3) is 0 Å². The van der Waals surface area contributed by atoms with Gasteiger partial charge in [-0.15, -0.1) is 11.8 Å². The summed E-state index contributed by atoms with van der Waals surface area (Å²) in [4.78, 5) is 24.6. The van der Waals surface area contributed by atoms with Crippen LogP contribution in [0.4, 0.5) is 5.69 Å². The fraction of sp³-hybridized carbons (Fsp3) is 0.0952. The van der Waals surface area contributed by atoms with E-state index >= 15 is 0 Å². The first kappa shape index (κ1) is 17.9. The SMILES string of the molecule is O=C(CC(Sc1ccccc1)c1ccccc1)c1ccccc1[N+](=O)[O-]. The summed E-state index contributed by atoms with van der Waals surface area (Å²) in [5.41, 5.74) is 1.04. The molecule has 0 amide bonds. The van der Waals surface area contributed by atoms with Crippen LogP contribution >= 0.6 is 11.8 Å². The van der Waals surface area contributed by atoms with E-state index < -0.39 is 4.92 Å². The number of hydrogen-bond donors (Lipinski definition) is 0. The summed E-state index contributed by atoms with van der Waals surface area (Å²) in [6.07, 6.45) is 0.189. The van der Waals surface area contributed by atoms with E-state index in [-0.39, 0.29) is 28.7 Å². The van der Waals surface area contributed by atoms with Crippen molar-refractivity contribution < 1.29 is 9.72 Å². The highest BCUT2D eigenvalue weighted by atomic mass is 32.2. The lowest BCUT2D eigenvalue weighted by atomic mass is 10.0. The zero-order chi connectivity index (χ0) is 18.4. The van der Waals surface area contributed by atoms with Gasteiger partial charge in [0.15, 0.2) is 5.78 Å². The number of carbonyl (C=O) groups is 1. The summed E-state index contributed by atoms with van der Waals surface area (Å²) >= 11 is 1.59. The number of ketones is 1. The molecule has 5 heteroatoms. The van der Waals surface area contributed by atoms with E-state index in [1.807, 2.05) is 60.7 Å². The smallest absolute Gasteiger partial charge is 0.280 e. The molecule has 1 unspecified atom stereocenters. The monoisotopic (exact) mass is 363 g/mol. The molecule has 0 aliphatic carbocycles. The average Bonchev–Trinajstić information content (AvgIpc) is 2.69. The van der Waals surface area contributed by atoms with Crippen LogP contribution in [0.2, 0.25) is 0 Å². The molecule has 4 nitrogen and oxygen atoms in total. The van der Waals surface area contributed by atoms with Crippen molar-refractivity contribution in [3.8, 4) is 0 Å². The normalized spacial score (nSPS) is 11.7. The van der Waals surface area contributed by atoms with Gasteiger partial charge in [0.2, 0.25) is 0 Å². The second kappa shape index (κ2) is 8.45. The zero-order valence-corrected chi connectivity index (χ0v) is 14.8. The highest BCUT2D eigenvalue weighted by Gasteiger charge is 2.24. The van der Waals surface area contributed by atoms with E-state index in [1.54, 1.807) is 23.9 Å². The number of rotatable bonds is 7. The summed E-state index contributed by atoms with van der Waals surface area (Å²) in [6.45, 7) is 0. The molecule has 0 fully saturated rings. The van der Waals surface area contributed by atoms with Crippen molar-refractivity contribution in [1.29, 1.82) is 0 Å². The van der Waals surface area contributed by atoms with E-state index in [9.17, 15) is 14.9 Å². The maximum Gasteiger partial charge on any atom is 0.280 e. The molecule has 0 bridgehead atoms. The number of benzene rings is 3. The highest BCUT2D eigenvalue weighted by molar-refractivity contribution is 7.99. The van der Waals surface area contributed by atoms with Gasteiger partial charge in [0.05, 0.1) is 10.5 Å². The minimum absolute atomic E-state index is 0.120. The molecule has 3 aromatic carbocycles. The summed E-state index contributed by atoms with van der Waals surface area (Å²) in [7, 11) is 0. The maximum atomic E-state index is 12.8. The van der Waals surface area contributed by atoms with Crippen LogP contribution in [0.15, 0.2) is 89.8 Å². The number of nitro groups is 1. The largest absolute Gasteiger partial charge is 0.294 e. The van der Waals surface area contributed by atoms with Crippen molar-refractivity contribution in [2.45, 2.75) is 16.6 Å². The maximum absolute atomic E-state index is 12.8. The molecular weight excluding hydrogens is 346 g/mol. The standard InChI is InChI=1S/C21H17NO3S/c23-20(18-13-7-8-14-19(18)22(24)25)15-21(16-9-3-1-4-10-16)26-17-11-5-2-6-12-17/h1-14,21H,15H2. The Hall–Kier alpha value is -2.92. The van der Waals surface area contributed by atoms with Crippen LogP contribution < -0.4 is 0 Å². The van der Waals surface area contributed by atoms with E-state index in [1.165, 1.54) is 12.1 Å². The molecule has 0 spiro atoms. The number of Topliss-reactive ketones (excluding diaryl/α,β-unsaturated/α-hetero) is 1. The third kappa shape index (κ3) is 4.37. The Balaban J connectivity index is 1.88. The molecule has 0 N–H and O–H groups in total. The van der Waals surface area contributed by atoms with Gasteiger partial charge in [-0.1, -0.05) is 60.7 Å². The quantitative estimate of drug-likeness (QED) is 0.234.